The molecular weight excluding hydrogens is 273 g/mol. The molecule has 2 rings (SSSR count). The van der Waals surface area contributed by atoms with Crippen LogP contribution >= 0.6 is 15.9 Å². The summed E-state index contributed by atoms with van der Waals surface area (Å²) in [5, 5.41) is 0. The minimum Gasteiger partial charge on any atom is -0.456 e. The zero-order chi connectivity index (χ0) is 11.5. The van der Waals surface area contributed by atoms with Gasteiger partial charge in [0.05, 0.1) is 10.7 Å². The molecule has 0 aliphatic heterocycles. The smallest absolute Gasteiger partial charge is 0.145 e. The molecule has 2 nitrogen and oxygen atoms in total. The second kappa shape index (κ2) is 4.61. The summed E-state index contributed by atoms with van der Waals surface area (Å²) in [5.41, 5.74) is 0.924. The van der Waals surface area contributed by atoms with Crippen LogP contribution in [0.3, 0.4) is 0 Å². The molecule has 0 aliphatic rings. The Morgan fingerprint density at radius 1 is 1.19 bits per heavy atom. The average molecular weight is 282 g/mol. The minimum atomic E-state index is -0.311. The second-order valence-electron chi connectivity index (χ2n) is 3.31. The Kier molecular flexibility index (Phi) is 3.19. The van der Waals surface area contributed by atoms with E-state index in [4.69, 9.17) is 4.74 Å². The van der Waals surface area contributed by atoms with Crippen molar-refractivity contribution in [2.24, 2.45) is 0 Å². The van der Waals surface area contributed by atoms with E-state index in [-0.39, 0.29) is 5.82 Å². The largest absolute Gasteiger partial charge is 0.456 e. The lowest BCUT2D eigenvalue weighted by Crippen LogP contribution is -1.87. The topological polar surface area (TPSA) is 22.1 Å². The minimum absolute atomic E-state index is 0.311. The van der Waals surface area contributed by atoms with Crippen molar-refractivity contribution in [1.29, 1.82) is 0 Å². The summed E-state index contributed by atoms with van der Waals surface area (Å²) in [6.07, 6.45) is 1.63. The Morgan fingerprint density at radius 3 is 2.56 bits per heavy atom. The van der Waals surface area contributed by atoms with Crippen LogP contribution in [-0.4, -0.2) is 4.98 Å². The van der Waals surface area contributed by atoms with Gasteiger partial charge in [0.15, 0.2) is 0 Å². The van der Waals surface area contributed by atoms with Gasteiger partial charge in [-0.1, -0.05) is 0 Å². The fraction of sp³-hybridized carbons (Fsp3) is 0.0833. The Hall–Kier alpha value is -1.42. The summed E-state index contributed by atoms with van der Waals surface area (Å²) in [7, 11) is 0. The molecule has 0 bridgehead atoms. The van der Waals surface area contributed by atoms with E-state index in [1.165, 1.54) is 6.07 Å². The van der Waals surface area contributed by atoms with Crippen LogP contribution < -0.4 is 4.74 Å². The second-order valence-corrected chi connectivity index (χ2v) is 4.17. The maximum Gasteiger partial charge on any atom is 0.145 e. The zero-order valence-corrected chi connectivity index (χ0v) is 10.2. The maximum absolute atomic E-state index is 13.0. The van der Waals surface area contributed by atoms with Gasteiger partial charge in [-0.3, -0.25) is 4.98 Å². The molecule has 0 saturated carbocycles. The first kappa shape index (κ1) is 11.1. The zero-order valence-electron chi connectivity index (χ0n) is 8.58. The Balaban J connectivity index is 2.20. The van der Waals surface area contributed by atoms with Gasteiger partial charge < -0.3 is 4.74 Å². The number of pyridine rings is 1. The van der Waals surface area contributed by atoms with Crippen molar-refractivity contribution in [3.8, 4) is 11.5 Å². The van der Waals surface area contributed by atoms with Crippen molar-refractivity contribution in [1.82, 2.24) is 4.98 Å². The summed E-state index contributed by atoms with van der Waals surface area (Å²) in [6.45, 7) is 1.90. The number of halogens is 2. The molecule has 2 aromatic rings. The highest BCUT2D eigenvalue weighted by molar-refractivity contribution is 9.10. The third-order valence-corrected chi connectivity index (χ3v) is 2.62. The molecule has 0 saturated heterocycles. The van der Waals surface area contributed by atoms with Crippen molar-refractivity contribution in [2.45, 2.75) is 6.92 Å². The molecule has 0 radical (unpaired) electrons. The Labute approximate surface area is 101 Å². The van der Waals surface area contributed by atoms with Crippen LogP contribution in [0.25, 0.3) is 0 Å². The highest BCUT2D eigenvalue weighted by Crippen LogP contribution is 2.25. The van der Waals surface area contributed by atoms with Gasteiger partial charge in [0, 0.05) is 5.69 Å². The van der Waals surface area contributed by atoms with Crippen LogP contribution in [0, 0.1) is 12.7 Å². The lowest BCUT2D eigenvalue weighted by molar-refractivity contribution is 0.477. The number of hydrogen-bond donors (Lipinski definition) is 0. The normalized spacial score (nSPS) is 10.2. The van der Waals surface area contributed by atoms with Gasteiger partial charge in [0.1, 0.15) is 17.3 Å². The van der Waals surface area contributed by atoms with Crippen molar-refractivity contribution in [2.75, 3.05) is 0 Å². The standard InChI is InChI=1S/C12H9BrFNO/c1-8-2-3-10(7-15-8)16-9-4-5-12(14)11(13)6-9/h2-7H,1H3. The fourth-order valence-corrected chi connectivity index (χ4v) is 1.55. The monoisotopic (exact) mass is 281 g/mol. The van der Waals surface area contributed by atoms with Gasteiger partial charge in [-0.25, -0.2) is 4.39 Å². The first-order chi connectivity index (χ1) is 7.65. The predicted molar refractivity (Wildman–Crippen MR) is 63.1 cm³/mol. The number of aromatic nitrogens is 1. The molecule has 1 aromatic heterocycles. The van der Waals surface area contributed by atoms with Crippen LogP contribution in [0.15, 0.2) is 41.0 Å². The van der Waals surface area contributed by atoms with Crippen LogP contribution in [0.1, 0.15) is 5.69 Å². The molecule has 0 unspecified atom stereocenters. The molecule has 0 aliphatic carbocycles. The number of aryl methyl sites for hydroxylation is 1. The summed E-state index contributed by atoms with van der Waals surface area (Å²) in [5.74, 6) is 0.886. The molecule has 0 N–H and O–H groups in total. The molecule has 1 aromatic carbocycles. The lowest BCUT2D eigenvalue weighted by Gasteiger charge is -2.05. The third-order valence-electron chi connectivity index (χ3n) is 2.01. The first-order valence-electron chi connectivity index (χ1n) is 4.71. The van der Waals surface area contributed by atoms with Gasteiger partial charge in [0.2, 0.25) is 0 Å². The maximum atomic E-state index is 13.0. The summed E-state index contributed by atoms with van der Waals surface area (Å²) < 4.78 is 18.9. The molecule has 0 amide bonds. The van der Waals surface area contributed by atoms with E-state index in [1.54, 1.807) is 18.3 Å². The SMILES string of the molecule is Cc1ccc(Oc2ccc(F)c(Br)c2)cn1. The van der Waals surface area contributed by atoms with E-state index in [2.05, 4.69) is 20.9 Å². The summed E-state index contributed by atoms with van der Waals surface area (Å²) in [6, 6.07) is 8.17. The van der Waals surface area contributed by atoms with Gasteiger partial charge >= 0.3 is 0 Å². The van der Waals surface area contributed by atoms with Gasteiger partial charge in [0.25, 0.3) is 0 Å². The van der Waals surface area contributed by atoms with Gasteiger partial charge in [-0.2, -0.15) is 0 Å². The van der Waals surface area contributed by atoms with Crippen LogP contribution in [0.2, 0.25) is 0 Å². The summed E-state index contributed by atoms with van der Waals surface area (Å²) >= 11 is 3.10. The molecule has 16 heavy (non-hydrogen) atoms. The Bertz CT molecular complexity index is 499. The average Bonchev–Trinajstić information content (AvgIpc) is 2.27. The lowest BCUT2D eigenvalue weighted by atomic mass is 10.3. The van der Waals surface area contributed by atoms with Crippen molar-refractivity contribution in [3.05, 3.63) is 52.5 Å². The van der Waals surface area contributed by atoms with Crippen molar-refractivity contribution < 1.29 is 9.13 Å². The quantitative estimate of drug-likeness (QED) is 0.827. The number of rotatable bonds is 2. The first-order valence-corrected chi connectivity index (χ1v) is 5.50. The van der Waals surface area contributed by atoms with E-state index in [0.29, 0.717) is 16.0 Å². The van der Waals surface area contributed by atoms with E-state index in [9.17, 15) is 4.39 Å². The fourth-order valence-electron chi connectivity index (χ4n) is 1.19. The number of ether oxygens (including phenoxy) is 1. The van der Waals surface area contributed by atoms with Crippen molar-refractivity contribution >= 4 is 15.9 Å². The van der Waals surface area contributed by atoms with Gasteiger partial charge in [-0.15, -0.1) is 0 Å². The molecule has 4 heteroatoms. The van der Waals surface area contributed by atoms with E-state index in [1.807, 2.05) is 19.1 Å². The van der Waals surface area contributed by atoms with Crippen LogP contribution in [-0.2, 0) is 0 Å². The van der Waals surface area contributed by atoms with Crippen LogP contribution in [0.4, 0.5) is 4.39 Å². The van der Waals surface area contributed by atoms with Crippen molar-refractivity contribution in [3.63, 3.8) is 0 Å². The van der Waals surface area contributed by atoms with Gasteiger partial charge in [-0.05, 0) is 53.2 Å². The molecule has 82 valence electrons. The Morgan fingerprint density at radius 2 is 1.94 bits per heavy atom. The van der Waals surface area contributed by atoms with E-state index in [0.717, 1.165) is 5.69 Å². The van der Waals surface area contributed by atoms with E-state index < -0.39 is 0 Å². The number of nitrogens with zero attached hydrogens (tertiary/aromatic N) is 1. The highest BCUT2D eigenvalue weighted by Gasteiger charge is 2.02. The number of benzene rings is 1. The molecular formula is C12H9BrFNO. The number of hydrogen-bond acceptors (Lipinski definition) is 2. The molecule has 1 heterocycles. The molecule has 0 fully saturated rings. The highest BCUT2D eigenvalue weighted by atomic mass is 79.9. The van der Waals surface area contributed by atoms with E-state index >= 15 is 0 Å². The summed E-state index contributed by atoms with van der Waals surface area (Å²) in [4.78, 5) is 4.10. The molecule has 0 atom stereocenters. The molecule has 0 spiro atoms. The predicted octanol–water partition coefficient (Wildman–Crippen LogP) is 4.08. The van der Waals surface area contributed by atoms with Crippen LogP contribution in [0.5, 0.6) is 11.5 Å². The third kappa shape index (κ3) is 2.58.